The Bertz CT molecular complexity index is 1340. The van der Waals surface area contributed by atoms with E-state index in [2.05, 4.69) is 49.6 Å². The van der Waals surface area contributed by atoms with Gasteiger partial charge < -0.3 is 19.1 Å². The molecule has 1 aliphatic rings. The molecular formula is C22H23N7O2. The van der Waals surface area contributed by atoms with Crippen LogP contribution in [0.15, 0.2) is 41.2 Å². The number of anilines is 3. The molecule has 0 unspecified atom stereocenters. The van der Waals surface area contributed by atoms with Crippen LogP contribution in [0.1, 0.15) is 5.56 Å². The summed E-state index contributed by atoms with van der Waals surface area (Å²) in [6, 6.07) is 12.1. The fourth-order valence-corrected chi connectivity index (χ4v) is 4.24. The van der Waals surface area contributed by atoms with Gasteiger partial charge in [0.05, 0.1) is 29.7 Å². The van der Waals surface area contributed by atoms with E-state index in [9.17, 15) is 4.79 Å². The molecule has 1 N–H and O–H groups in total. The second-order valence-electron chi connectivity index (χ2n) is 7.78. The predicted octanol–water partition coefficient (Wildman–Crippen LogP) is 2.62. The fourth-order valence-electron chi connectivity index (χ4n) is 4.24. The van der Waals surface area contributed by atoms with Crippen LogP contribution in [0.4, 0.5) is 17.1 Å². The number of nitrogens with one attached hydrogen (secondary N) is 1. The number of hydrogen-bond acceptors (Lipinski definition) is 7. The molecule has 0 aliphatic carbocycles. The highest BCUT2D eigenvalue weighted by Gasteiger charge is 2.25. The van der Waals surface area contributed by atoms with Crippen LogP contribution in [-0.4, -0.2) is 52.4 Å². The van der Waals surface area contributed by atoms with Crippen LogP contribution in [0.25, 0.3) is 22.3 Å². The van der Waals surface area contributed by atoms with E-state index in [1.807, 2.05) is 31.2 Å². The lowest BCUT2D eigenvalue weighted by atomic mass is 10.0. The van der Waals surface area contributed by atoms with Crippen molar-refractivity contribution in [1.82, 2.24) is 25.2 Å². The normalized spacial score (nSPS) is 13.5. The molecule has 0 saturated carbocycles. The number of methoxy groups -OCH3 is 1. The Balaban J connectivity index is 1.77. The second-order valence-corrected chi connectivity index (χ2v) is 7.78. The molecule has 4 aromatic rings. The zero-order valence-corrected chi connectivity index (χ0v) is 17.9. The van der Waals surface area contributed by atoms with Crippen LogP contribution in [0, 0.1) is 6.92 Å². The average molecular weight is 417 g/mol. The number of H-pyrrole nitrogens is 1. The predicted molar refractivity (Wildman–Crippen MR) is 120 cm³/mol. The van der Waals surface area contributed by atoms with Crippen LogP contribution in [0.3, 0.4) is 0 Å². The summed E-state index contributed by atoms with van der Waals surface area (Å²) in [6.45, 7) is 3.49. The molecule has 0 fully saturated rings. The van der Waals surface area contributed by atoms with Gasteiger partial charge in [-0.1, -0.05) is 0 Å². The Morgan fingerprint density at radius 3 is 2.61 bits per heavy atom. The monoisotopic (exact) mass is 417 g/mol. The highest BCUT2D eigenvalue weighted by Crippen LogP contribution is 2.42. The molecule has 1 aliphatic heterocycles. The third kappa shape index (κ3) is 3.00. The van der Waals surface area contributed by atoms with Gasteiger partial charge in [0.15, 0.2) is 0 Å². The summed E-state index contributed by atoms with van der Waals surface area (Å²) in [7, 11) is 5.53. The molecule has 31 heavy (non-hydrogen) atoms. The number of pyridine rings is 1. The third-order valence-corrected chi connectivity index (χ3v) is 5.94. The minimum Gasteiger partial charge on any atom is -0.497 e. The molecule has 3 heterocycles. The smallest absolute Gasteiger partial charge is 0.253 e. The van der Waals surface area contributed by atoms with Gasteiger partial charge in [0.25, 0.3) is 5.56 Å². The number of benzene rings is 2. The van der Waals surface area contributed by atoms with Crippen LogP contribution >= 0.6 is 0 Å². The molecule has 9 heteroatoms. The van der Waals surface area contributed by atoms with Crippen molar-refractivity contribution in [3.63, 3.8) is 0 Å². The molecule has 0 spiro atoms. The lowest BCUT2D eigenvalue weighted by Crippen LogP contribution is -2.36. The van der Waals surface area contributed by atoms with E-state index in [-0.39, 0.29) is 5.56 Å². The standard InChI is InChI=1S/C22H23N7O2/c1-13-9-16-18(28(3)22(13)30)11-15(31-4)12-19(16)29-8-7-27(2)17-6-5-14(10-20(17)29)21-23-25-26-24-21/h5-6,9-12H,7-8H2,1-4H3,(H,23,24,25,26). The number of ether oxygens (including phenoxy) is 1. The maximum Gasteiger partial charge on any atom is 0.253 e. The zero-order valence-electron chi connectivity index (χ0n) is 17.9. The summed E-state index contributed by atoms with van der Waals surface area (Å²) in [4.78, 5) is 17.1. The molecule has 2 aromatic carbocycles. The van der Waals surface area contributed by atoms with Gasteiger partial charge in [-0.05, 0) is 36.4 Å². The lowest BCUT2D eigenvalue weighted by Gasteiger charge is -2.38. The summed E-state index contributed by atoms with van der Waals surface area (Å²) < 4.78 is 7.27. The van der Waals surface area contributed by atoms with E-state index in [0.29, 0.717) is 17.1 Å². The molecule has 0 atom stereocenters. The van der Waals surface area contributed by atoms with Crippen molar-refractivity contribution in [3.8, 4) is 17.1 Å². The van der Waals surface area contributed by atoms with Gasteiger partial charge >= 0.3 is 0 Å². The SMILES string of the molecule is COc1cc(N2CCN(C)c3ccc(-c4nn[nH]n4)cc32)c2cc(C)c(=O)n(C)c2c1. The van der Waals surface area contributed by atoms with Gasteiger partial charge in [-0.3, -0.25) is 4.79 Å². The first-order chi connectivity index (χ1) is 15.0. The highest BCUT2D eigenvalue weighted by atomic mass is 16.5. The molecular weight excluding hydrogens is 394 g/mol. The molecule has 2 aromatic heterocycles. The molecule has 0 radical (unpaired) electrons. The van der Waals surface area contributed by atoms with Gasteiger partial charge in [-0.25, -0.2) is 0 Å². The first kappa shape index (κ1) is 19.1. The Morgan fingerprint density at radius 1 is 1.03 bits per heavy atom. The van der Waals surface area contributed by atoms with Gasteiger partial charge in [-0.15, -0.1) is 10.2 Å². The average Bonchev–Trinajstić information content (AvgIpc) is 3.32. The Hall–Kier alpha value is -3.88. The van der Waals surface area contributed by atoms with Crippen molar-refractivity contribution in [2.24, 2.45) is 7.05 Å². The van der Waals surface area contributed by atoms with Gasteiger partial charge in [0, 0.05) is 55.8 Å². The fraction of sp³-hybridized carbons (Fsp3) is 0.273. The number of rotatable bonds is 3. The van der Waals surface area contributed by atoms with Gasteiger partial charge in [0.2, 0.25) is 5.82 Å². The van der Waals surface area contributed by atoms with Crippen LogP contribution in [-0.2, 0) is 7.05 Å². The van der Waals surface area contributed by atoms with E-state index in [0.717, 1.165) is 46.6 Å². The number of fused-ring (bicyclic) bond motifs is 2. The number of hydrogen-bond donors (Lipinski definition) is 1. The summed E-state index contributed by atoms with van der Waals surface area (Å²) >= 11 is 0. The molecule has 0 saturated heterocycles. The van der Waals surface area contributed by atoms with Crippen LogP contribution in [0.5, 0.6) is 5.75 Å². The maximum absolute atomic E-state index is 12.6. The quantitative estimate of drug-likeness (QED) is 0.548. The second kappa shape index (κ2) is 7.12. The Kier molecular flexibility index (Phi) is 4.39. The topological polar surface area (TPSA) is 92.2 Å². The van der Waals surface area contributed by atoms with E-state index < -0.39 is 0 Å². The van der Waals surface area contributed by atoms with Gasteiger partial charge in [0.1, 0.15) is 5.75 Å². The Morgan fingerprint density at radius 2 is 1.87 bits per heavy atom. The van der Waals surface area contributed by atoms with Gasteiger partial charge in [-0.2, -0.15) is 5.21 Å². The first-order valence-corrected chi connectivity index (χ1v) is 10.0. The summed E-state index contributed by atoms with van der Waals surface area (Å²) in [6.07, 6.45) is 0. The number of aryl methyl sites for hydroxylation is 2. The van der Waals surface area contributed by atoms with Crippen molar-refractivity contribution in [2.45, 2.75) is 6.92 Å². The minimum absolute atomic E-state index is 0.00938. The van der Waals surface area contributed by atoms with E-state index in [1.165, 1.54) is 0 Å². The summed E-state index contributed by atoms with van der Waals surface area (Å²) in [5, 5.41) is 15.4. The zero-order chi connectivity index (χ0) is 21.7. The maximum atomic E-state index is 12.6. The van der Waals surface area contributed by atoms with E-state index in [4.69, 9.17) is 4.74 Å². The van der Waals surface area contributed by atoms with E-state index >= 15 is 0 Å². The first-order valence-electron chi connectivity index (χ1n) is 10.0. The minimum atomic E-state index is -0.00938. The van der Waals surface area contributed by atoms with Crippen LogP contribution < -0.4 is 20.1 Å². The lowest BCUT2D eigenvalue weighted by molar-refractivity contribution is 0.415. The summed E-state index contributed by atoms with van der Waals surface area (Å²) in [5.41, 5.74) is 5.55. The molecule has 0 amide bonds. The number of tetrazole rings is 1. The van der Waals surface area contributed by atoms with Crippen molar-refractivity contribution in [3.05, 3.63) is 52.3 Å². The molecule has 158 valence electrons. The van der Waals surface area contributed by atoms with Crippen molar-refractivity contribution >= 4 is 28.0 Å². The molecule has 0 bridgehead atoms. The Labute approximate surface area is 178 Å². The van der Waals surface area contributed by atoms with Crippen molar-refractivity contribution in [1.29, 1.82) is 0 Å². The molecule has 9 nitrogen and oxygen atoms in total. The summed E-state index contributed by atoms with van der Waals surface area (Å²) in [5.74, 6) is 1.25. The highest BCUT2D eigenvalue weighted by molar-refractivity contribution is 5.98. The van der Waals surface area contributed by atoms with Crippen molar-refractivity contribution < 1.29 is 4.74 Å². The van der Waals surface area contributed by atoms with E-state index in [1.54, 1.807) is 18.7 Å². The molecule has 5 rings (SSSR count). The number of likely N-dealkylation sites (N-methyl/N-ethyl adjacent to an activating group) is 1. The largest absolute Gasteiger partial charge is 0.497 e. The third-order valence-electron chi connectivity index (χ3n) is 5.94. The van der Waals surface area contributed by atoms with Crippen molar-refractivity contribution in [2.75, 3.05) is 37.0 Å². The number of aromatic nitrogens is 5. The van der Waals surface area contributed by atoms with Crippen LogP contribution in [0.2, 0.25) is 0 Å². The number of nitrogens with zero attached hydrogens (tertiary/aromatic N) is 6. The number of aromatic amines is 1.